The third-order valence-electron chi connectivity index (χ3n) is 3.54. The lowest BCUT2D eigenvalue weighted by molar-refractivity contribution is 0.0416. The first-order chi connectivity index (χ1) is 6.34. The monoisotopic (exact) mass is 200 g/mol. The number of nitrogens with zero attached hydrogens (tertiary/aromatic N) is 1. The maximum atomic E-state index is 9.77. The van der Waals surface area contributed by atoms with E-state index in [1.165, 1.54) is 0 Å². The molecule has 0 aromatic carbocycles. The molecule has 1 fully saturated rings. The van der Waals surface area contributed by atoms with Gasteiger partial charge in [0.15, 0.2) is 0 Å². The van der Waals surface area contributed by atoms with E-state index in [2.05, 4.69) is 45.0 Å². The van der Waals surface area contributed by atoms with Crippen molar-refractivity contribution in [3.8, 4) is 0 Å². The maximum absolute atomic E-state index is 9.77. The fraction of sp³-hybridized carbons (Fsp3) is 1.00. The Hall–Kier alpha value is -0.120. The lowest BCUT2D eigenvalue weighted by Crippen LogP contribution is -2.49. The summed E-state index contributed by atoms with van der Waals surface area (Å²) in [6, 6.07) is 0.742. The smallest absolute Gasteiger partial charge is 0.0831 e. The van der Waals surface area contributed by atoms with Gasteiger partial charge < -0.3 is 10.4 Å². The number of nitrogens with one attached hydrogen (secondary N) is 1. The van der Waals surface area contributed by atoms with Crippen LogP contribution in [0, 0.1) is 5.41 Å². The standard InChI is InChI=1S/C11H24N2O/c1-8(11(2,3)4)13(5)9-6-12-7-10(9)14/h8-10,12,14H,6-7H2,1-5H3. The molecule has 84 valence electrons. The Morgan fingerprint density at radius 2 is 1.93 bits per heavy atom. The van der Waals surface area contributed by atoms with E-state index in [0.29, 0.717) is 6.04 Å². The maximum Gasteiger partial charge on any atom is 0.0831 e. The average Bonchev–Trinajstić information content (AvgIpc) is 2.47. The van der Waals surface area contributed by atoms with Crippen LogP contribution in [0.1, 0.15) is 27.7 Å². The van der Waals surface area contributed by atoms with E-state index in [1.807, 2.05) is 0 Å². The van der Waals surface area contributed by atoms with Crippen LogP contribution in [0.5, 0.6) is 0 Å². The zero-order valence-corrected chi connectivity index (χ0v) is 10.0. The highest BCUT2D eigenvalue weighted by molar-refractivity contribution is 4.91. The van der Waals surface area contributed by atoms with Gasteiger partial charge in [-0.15, -0.1) is 0 Å². The molecule has 1 heterocycles. The molecule has 3 nitrogen and oxygen atoms in total. The summed E-state index contributed by atoms with van der Waals surface area (Å²) in [6.07, 6.45) is -0.218. The highest BCUT2D eigenvalue weighted by Crippen LogP contribution is 2.25. The molecular formula is C11H24N2O. The summed E-state index contributed by atoms with van der Waals surface area (Å²) in [4.78, 5) is 2.30. The minimum Gasteiger partial charge on any atom is -0.390 e. The average molecular weight is 200 g/mol. The largest absolute Gasteiger partial charge is 0.390 e. The van der Waals surface area contributed by atoms with Gasteiger partial charge in [-0.3, -0.25) is 4.90 Å². The van der Waals surface area contributed by atoms with Crippen molar-refractivity contribution in [2.24, 2.45) is 5.41 Å². The number of aliphatic hydroxyl groups is 1. The van der Waals surface area contributed by atoms with Crippen molar-refractivity contribution in [3.05, 3.63) is 0 Å². The Bertz CT molecular complexity index is 186. The van der Waals surface area contributed by atoms with Crippen LogP contribution < -0.4 is 5.32 Å². The summed E-state index contributed by atoms with van der Waals surface area (Å²) in [5.41, 5.74) is 0.261. The number of β-amino-alcohol motifs (C(OH)–C–C–N with tert-alkyl or cyclic N) is 1. The Kier molecular flexibility index (Phi) is 3.56. The minimum absolute atomic E-state index is 0.218. The predicted octanol–water partition coefficient (Wildman–Crippen LogP) is 0.685. The Labute approximate surface area is 87.5 Å². The molecule has 14 heavy (non-hydrogen) atoms. The predicted molar refractivity (Wildman–Crippen MR) is 59.3 cm³/mol. The van der Waals surface area contributed by atoms with Crippen LogP contribution >= 0.6 is 0 Å². The van der Waals surface area contributed by atoms with E-state index in [9.17, 15) is 5.11 Å². The number of rotatable bonds is 2. The van der Waals surface area contributed by atoms with E-state index in [1.54, 1.807) is 0 Å². The molecule has 3 atom stereocenters. The van der Waals surface area contributed by atoms with Crippen molar-refractivity contribution < 1.29 is 5.11 Å². The van der Waals surface area contributed by atoms with E-state index in [4.69, 9.17) is 0 Å². The summed E-state index contributed by atoms with van der Waals surface area (Å²) >= 11 is 0. The molecule has 0 spiro atoms. The second-order valence-electron chi connectivity index (χ2n) is 5.50. The van der Waals surface area contributed by atoms with Gasteiger partial charge in [0.25, 0.3) is 0 Å². The number of aliphatic hydroxyl groups excluding tert-OH is 1. The molecule has 0 aromatic rings. The van der Waals surface area contributed by atoms with Crippen molar-refractivity contribution in [1.82, 2.24) is 10.2 Å². The molecular weight excluding hydrogens is 176 g/mol. The Morgan fingerprint density at radius 1 is 1.36 bits per heavy atom. The molecule has 3 unspecified atom stereocenters. The first-order valence-electron chi connectivity index (χ1n) is 5.44. The van der Waals surface area contributed by atoms with Crippen LogP contribution in [0.4, 0.5) is 0 Å². The van der Waals surface area contributed by atoms with E-state index >= 15 is 0 Å². The zero-order valence-electron chi connectivity index (χ0n) is 10.0. The molecule has 0 radical (unpaired) electrons. The van der Waals surface area contributed by atoms with Gasteiger partial charge in [0.2, 0.25) is 0 Å². The van der Waals surface area contributed by atoms with Crippen LogP contribution in [0.25, 0.3) is 0 Å². The topological polar surface area (TPSA) is 35.5 Å². The van der Waals surface area contributed by atoms with Crippen molar-refractivity contribution in [1.29, 1.82) is 0 Å². The van der Waals surface area contributed by atoms with Crippen LogP contribution in [-0.4, -0.2) is 48.3 Å². The van der Waals surface area contributed by atoms with E-state index in [-0.39, 0.29) is 17.6 Å². The highest BCUT2D eigenvalue weighted by Gasteiger charge is 2.34. The van der Waals surface area contributed by atoms with Gasteiger partial charge in [-0.25, -0.2) is 0 Å². The number of hydrogen-bond donors (Lipinski definition) is 2. The first-order valence-corrected chi connectivity index (χ1v) is 5.44. The fourth-order valence-corrected chi connectivity index (χ4v) is 1.96. The van der Waals surface area contributed by atoms with Gasteiger partial charge in [0, 0.05) is 25.2 Å². The van der Waals surface area contributed by atoms with Gasteiger partial charge >= 0.3 is 0 Å². The number of hydrogen-bond acceptors (Lipinski definition) is 3. The SMILES string of the molecule is CC(N(C)C1CNCC1O)C(C)(C)C. The molecule has 0 saturated carbocycles. The second kappa shape index (κ2) is 4.17. The van der Waals surface area contributed by atoms with Gasteiger partial charge in [0.05, 0.1) is 6.10 Å². The molecule has 0 bridgehead atoms. The highest BCUT2D eigenvalue weighted by atomic mass is 16.3. The van der Waals surface area contributed by atoms with E-state index < -0.39 is 0 Å². The number of likely N-dealkylation sites (N-methyl/N-ethyl adjacent to an activating group) is 1. The summed E-state index contributed by atoms with van der Waals surface area (Å²) < 4.78 is 0. The molecule has 1 aliphatic rings. The second-order valence-corrected chi connectivity index (χ2v) is 5.50. The third kappa shape index (κ3) is 2.47. The van der Waals surface area contributed by atoms with Crippen molar-refractivity contribution >= 4 is 0 Å². The minimum atomic E-state index is -0.218. The lowest BCUT2D eigenvalue weighted by atomic mass is 9.86. The van der Waals surface area contributed by atoms with E-state index in [0.717, 1.165) is 13.1 Å². The normalized spacial score (nSPS) is 31.1. The summed E-state index contributed by atoms with van der Waals surface area (Å²) in [5.74, 6) is 0. The molecule has 3 heteroatoms. The molecule has 2 N–H and O–H groups in total. The Morgan fingerprint density at radius 3 is 2.29 bits per heavy atom. The zero-order chi connectivity index (χ0) is 10.9. The van der Waals surface area contributed by atoms with Gasteiger partial charge in [-0.05, 0) is 19.4 Å². The Balaban J connectivity index is 2.60. The summed E-state index contributed by atoms with van der Waals surface area (Å²) in [7, 11) is 2.11. The molecule has 0 aliphatic carbocycles. The third-order valence-corrected chi connectivity index (χ3v) is 3.54. The van der Waals surface area contributed by atoms with Gasteiger partial charge in [0.1, 0.15) is 0 Å². The van der Waals surface area contributed by atoms with Crippen LogP contribution in [0.2, 0.25) is 0 Å². The van der Waals surface area contributed by atoms with Crippen LogP contribution in [0.3, 0.4) is 0 Å². The van der Waals surface area contributed by atoms with Crippen LogP contribution in [0.15, 0.2) is 0 Å². The fourth-order valence-electron chi connectivity index (χ4n) is 1.96. The lowest BCUT2D eigenvalue weighted by Gasteiger charge is -2.39. The van der Waals surface area contributed by atoms with Crippen molar-refractivity contribution in [2.75, 3.05) is 20.1 Å². The first kappa shape index (κ1) is 12.0. The van der Waals surface area contributed by atoms with Crippen LogP contribution in [-0.2, 0) is 0 Å². The summed E-state index contributed by atoms with van der Waals surface area (Å²) in [6.45, 7) is 10.6. The van der Waals surface area contributed by atoms with Gasteiger partial charge in [-0.1, -0.05) is 20.8 Å². The molecule has 1 rings (SSSR count). The summed E-state index contributed by atoms with van der Waals surface area (Å²) in [5, 5.41) is 13.0. The van der Waals surface area contributed by atoms with Crippen molar-refractivity contribution in [2.45, 2.75) is 45.9 Å². The molecule has 0 aromatic heterocycles. The molecule has 1 saturated heterocycles. The molecule has 1 aliphatic heterocycles. The molecule has 0 amide bonds. The quantitative estimate of drug-likeness (QED) is 0.688. The van der Waals surface area contributed by atoms with Crippen molar-refractivity contribution in [3.63, 3.8) is 0 Å². The van der Waals surface area contributed by atoms with Gasteiger partial charge in [-0.2, -0.15) is 0 Å².